The van der Waals surface area contributed by atoms with E-state index in [1.54, 1.807) is 7.05 Å². The van der Waals surface area contributed by atoms with Gasteiger partial charge in [-0.3, -0.25) is 10.2 Å². The molecule has 0 bridgehead atoms. The molecule has 0 saturated heterocycles. The zero-order valence-electron chi connectivity index (χ0n) is 9.86. The van der Waals surface area contributed by atoms with Crippen LogP contribution in [0.5, 0.6) is 0 Å². The molecular formula is C10H14N6OS. The largest absolute Gasteiger partial charge is 0.369 e. The van der Waals surface area contributed by atoms with Gasteiger partial charge in [-0.15, -0.1) is 11.3 Å². The van der Waals surface area contributed by atoms with Crippen LogP contribution >= 0.6 is 11.3 Å². The number of nitrogens with zero attached hydrogens (tertiary/aromatic N) is 2. The van der Waals surface area contributed by atoms with Crippen LogP contribution in [0.3, 0.4) is 0 Å². The Bertz CT molecular complexity index is 554. The molecule has 0 saturated carbocycles. The minimum Gasteiger partial charge on any atom is -0.369 e. The summed E-state index contributed by atoms with van der Waals surface area (Å²) in [6.07, 6.45) is 0.386. The number of hydrogen-bond acceptors (Lipinski definition) is 7. The molecule has 96 valence electrons. The van der Waals surface area contributed by atoms with Crippen molar-refractivity contribution in [2.75, 3.05) is 24.3 Å². The van der Waals surface area contributed by atoms with Crippen LogP contribution in [0.25, 0.3) is 10.2 Å². The van der Waals surface area contributed by atoms with Crippen LogP contribution in [0.2, 0.25) is 0 Å². The van der Waals surface area contributed by atoms with Crippen molar-refractivity contribution in [2.45, 2.75) is 6.42 Å². The maximum atomic E-state index is 11.1. The number of nitrogen functional groups attached to an aromatic ring is 1. The Kier molecular flexibility index (Phi) is 3.90. The van der Waals surface area contributed by atoms with E-state index in [9.17, 15) is 4.79 Å². The third kappa shape index (κ3) is 2.66. The van der Waals surface area contributed by atoms with Gasteiger partial charge < -0.3 is 10.6 Å². The third-order valence-corrected chi connectivity index (χ3v) is 3.18. The van der Waals surface area contributed by atoms with Gasteiger partial charge in [0.2, 0.25) is 11.9 Å². The van der Waals surface area contributed by atoms with Gasteiger partial charge in [0.25, 0.3) is 0 Å². The Balaban J connectivity index is 2.15. The van der Waals surface area contributed by atoms with E-state index in [2.05, 4.69) is 26.0 Å². The molecule has 2 rings (SSSR count). The smallest absolute Gasteiger partial charge is 0.240 e. The molecule has 5 N–H and O–H groups in total. The summed E-state index contributed by atoms with van der Waals surface area (Å²) in [6, 6.07) is 1.93. The number of aromatic nitrogens is 2. The van der Waals surface area contributed by atoms with E-state index in [4.69, 9.17) is 5.84 Å². The van der Waals surface area contributed by atoms with Crippen molar-refractivity contribution in [3.8, 4) is 0 Å². The first kappa shape index (κ1) is 12.5. The summed E-state index contributed by atoms with van der Waals surface area (Å²) in [5, 5.41) is 8.54. The monoisotopic (exact) mass is 266 g/mol. The highest BCUT2D eigenvalue weighted by atomic mass is 32.1. The third-order valence-electron chi connectivity index (χ3n) is 2.38. The summed E-state index contributed by atoms with van der Waals surface area (Å²) in [5.74, 6) is 6.33. The Hall–Kier alpha value is -1.93. The molecule has 0 aliphatic carbocycles. The zero-order valence-corrected chi connectivity index (χ0v) is 10.7. The highest BCUT2D eigenvalue weighted by Crippen LogP contribution is 2.26. The lowest BCUT2D eigenvalue weighted by Gasteiger charge is -2.07. The Labute approximate surface area is 108 Å². The van der Waals surface area contributed by atoms with Gasteiger partial charge in [0.05, 0.1) is 5.39 Å². The lowest BCUT2D eigenvalue weighted by molar-refractivity contribution is -0.120. The average Bonchev–Trinajstić information content (AvgIpc) is 2.86. The van der Waals surface area contributed by atoms with Crippen molar-refractivity contribution in [2.24, 2.45) is 5.84 Å². The maximum Gasteiger partial charge on any atom is 0.240 e. The number of anilines is 2. The van der Waals surface area contributed by atoms with Gasteiger partial charge in [-0.2, -0.15) is 4.98 Å². The van der Waals surface area contributed by atoms with Crippen LogP contribution in [0.4, 0.5) is 11.8 Å². The number of rotatable bonds is 5. The second kappa shape index (κ2) is 5.61. The number of thiophene rings is 1. The highest BCUT2D eigenvalue weighted by Gasteiger charge is 2.08. The number of carbonyl (C=O) groups excluding carboxylic acids is 1. The van der Waals surface area contributed by atoms with Crippen LogP contribution in [-0.4, -0.2) is 29.5 Å². The van der Waals surface area contributed by atoms with Crippen LogP contribution < -0.4 is 21.9 Å². The van der Waals surface area contributed by atoms with Crippen LogP contribution in [0.1, 0.15) is 6.42 Å². The van der Waals surface area contributed by atoms with Crippen molar-refractivity contribution in [1.29, 1.82) is 0 Å². The minimum absolute atomic E-state index is 0.0182. The second-order valence-corrected chi connectivity index (χ2v) is 4.42. The molecule has 2 aromatic heterocycles. The summed E-state index contributed by atoms with van der Waals surface area (Å²) in [5.41, 5.74) is 2.42. The van der Waals surface area contributed by atoms with Gasteiger partial charge in [-0.05, 0) is 11.4 Å². The molecule has 1 amide bonds. The quantitative estimate of drug-likeness (QED) is 0.464. The van der Waals surface area contributed by atoms with Crippen molar-refractivity contribution in [1.82, 2.24) is 15.3 Å². The molecule has 0 unspecified atom stereocenters. The number of nitrogens with one attached hydrogen (secondary N) is 3. The van der Waals surface area contributed by atoms with Crippen molar-refractivity contribution < 1.29 is 4.79 Å². The maximum absolute atomic E-state index is 11.1. The van der Waals surface area contributed by atoms with Gasteiger partial charge in [-0.1, -0.05) is 0 Å². The SMILES string of the molecule is CNC(=O)CCNc1nc(NN)nc2sccc12. The first-order valence-corrected chi connectivity index (χ1v) is 6.29. The van der Waals surface area contributed by atoms with Crippen molar-refractivity contribution in [3.63, 3.8) is 0 Å². The van der Waals surface area contributed by atoms with E-state index in [1.165, 1.54) is 11.3 Å². The molecule has 0 aliphatic heterocycles. The standard InChI is InChI=1S/C10H14N6OS/c1-12-7(17)2-4-13-8-6-3-5-18-9(6)15-10(14-8)16-11/h3,5H,2,4,11H2,1H3,(H,12,17)(H2,13,14,15,16). The van der Waals surface area contributed by atoms with Crippen LogP contribution in [0.15, 0.2) is 11.4 Å². The predicted octanol–water partition coefficient (Wildman–Crippen LogP) is 0.525. The van der Waals surface area contributed by atoms with E-state index in [-0.39, 0.29) is 5.91 Å². The number of nitrogens with two attached hydrogens (primary N) is 1. The first-order valence-electron chi connectivity index (χ1n) is 5.41. The average molecular weight is 266 g/mol. The first-order chi connectivity index (χ1) is 8.74. The molecule has 0 aliphatic rings. The number of hydrogen-bond donors (Lipinski definition) is 4. The molecule has 2 aromatic rings. The Morgan fingerprint density at radius 1 is 1.50 bits per heavy atom. The lowest BCUT2D eigenvalue weighted by Crippen LogP contribution is -2.21. The van der Waals surface area contributed by atoms with E-state index in [0.29, 0.717) is 24.7 Å². The molecule has 18 heavy (non-hydrogen) atoms. The number of fused-ring (bicyclic) bond motifs is 1. The number of hydrazine groups is 1. The van der Waals surface area contributed by atoms with Gasteiger partial charge in [0.1, 0.15) is 10.6 Å². The Morgan fingerprint density at radius 2 is 2.33 bits per heavy atom. The molecule has 0 fully saturated rings. The van der Waals surface area contributed by atoms with Gasteiger partial charge in [-0.25, -0.2) is 10.8 Å². The van der Waals surface area contributed by atoms with Crippen molar-refractivity contribution >= 4 is 39.2 Å². The van der Waals surface area contributed by atoms with Gasteiger partial charge >= 0.3 is 0 Å². The van der Waals surface area contributed by atoms with E-state index < -0.39 is 0 Å². The predicted molar refractivity (Wildman–Crippen MR) is 72.4 cm³/mol. The Morgan fingerprint density at radius 3 is 3.06 bits per heavy atom. The summed E-state index contributed by atoms with van der Waals surface area (Å²) < 4.78 is 0. The normalized spacial score (nSPS) is 10.3. The fourth-order valence-electron chi connectivity index (χ4n) is 1.47. The lowest BCUT2D eigenvalue weighted by atomic mass is 10.3. The summed E-state index contributed by atoms with van der Waals surface area (Å²) in [7, 11) is 1.61. The molecule has 0 aromatic carbocycles. The molecule has 0 radical (unpaired) electrons. The topological polar surface area (TPSA) is 105 Å². The summed E-state index contributed by atoms with van der Waals surface area (Å²) in [6.45, 7) is 0.506. The number of amides is 1. The zero-order chi connectivity index (χ0) is 13.0. The molecule has 2 heterocycles. The van der Waals surface area contributed by atoms with Gasteiger partial charge in [0.15, 0.2) is 0 Å². The van der Waals surface area contributed by atoms with Crippen molar-refractivity contribution in [3.05, 3.63) is 11.4 Å². The molecule has 0 atom stereocenters. The van der Waals surface area contributed by atoms with Gasteiger partial charge in [0, 0.05) is 20.0 Å². The van der Waals surface area contributed by atoms with Crippen LogP contribution in [0, 0.1) is 0 Å². The van der Waals surface area contributed by atoms with Crippen LogP contribution in [-0.2, 0) is 4.79 Å². The highest BCUT2D eigenvalue weighted by molar-refractivity contribution is 7.16. The molecule has 7 nitrogen and oxygen atoms in total. The van der Waals surface area contributed by atoms with E-state index in [1.807, 2.05) is 11.4 Å². The second-order valence-electron chi connectivity index (χ2n) is 3.53. The molecular weight excluding hydrogens is 252 g/mol. The van der Waals surface area contributed by atoms with E-state index in [0.717, 1.165) is 10.2 Å². The van der Waals surface area contributed by atoms with E-state index >= 15 is 0 Å². The summed E-state index contributed by atoms with van der Waals surface area (Å²) >= 11 is 1.51. The fraction of sp³-hybridized carbons (Fsp3) is 0.300. The number of carbonyl (C=O) groups is 1. The fourth-order valence-corrected chi connectivity index (χ4v) is 2.24. The molecule has 8 heteroatoms. The summed E-state index contributed by atoms with van der Waals surface area (Å²) in [4.78, 5) is 20.4. The minimum atomic E-state index is -0.0182. The molecule has 0 spiro atoms.